The molecule has 5 heterocycles. The molecule has 1 unspecified atom stereocenters. The molecule has 0 spiro atoms. The first-order chi connectivity index (χ1) is 16.7. The maximum Gasteiger partial charge on any atom is 0.319 e. The zero-order chi connectivity index (χ0) is 23.3. The third kappa shape index (κ3) is 5.64. The van der Waals surface area contributed by atoms with E-state index >= 15 is 0 Å². The van der Waals surface area contributed by atoms with Crippen LogP contribution in [-0.4, -0.2) is 90.5 Å². The van der Waals surface area contributed by atoms with Crippen LogP contribution in [-0.2, 0) is 0 Å². The average Bonchev–Trinajstić information content (AvgIpc) is 2.89. The van der Waals surface area contributed by atoms with Crippen LogP contribution in [0.15, 0.2) is 47.6 Å². The standard InChI is InChI=1S/C25H35N7OS/c1-34-23-5-2-4-21(15-23)29-25(33)28-16-22-14-19-6-9-32(22)18-20(19)17-30-10-12-31(13-11-30)24-26-7-3-8-27-24/h2-5,7-8,15,19-20,22H,6,9-14,16-18H2,1H3,(H2,28,29,33)/t19-,20-,22+/m0/s1. The number of hydrogen-bond acceptors (Lipinski definition) is 7. The van der Waals surface area contributed by atoms with Gasteiger partial charge in [0.05, 0.1) is 0 Å². The summed E-state index contributed by atoms with van der Waals surface area (Å²) in [4.78, 5) is 29.9. The van der Waals surface area contributed by atoms with E-state index in [1.54, 1.807) is 11.8 Å². The number of nitrogens with zero attached hydrogens (tertiary/aromatic N) is 5. The molecule has 2 bridgehead atoms. The molecule has 4 fully saturated rings. The van der Waals surface area contributed by atoms with Gasteiger partial charge in [0.15, 0.2) is 0 Å². The van der Waals surface area contributed by atoms with Crippen LogP contribution in [0.2, 0.25) is 0 Å². The van der Waals surface area contributed by atoms with E-state index in [1.165, 1.54) is 19.4 Å². The van der Waals surface area contributed by atoms with Crippen molar-refractivity contribution >= 4 is 29.4 Å². The number of benzene rings is 1. The molecule has 182 valence electrons. The Morgan fingerprint density at radius 3 is 2.68 bits per heavy atom. The SMILES string of the molecule is CSc1cccc(NC(=O)NC[C@H]2C[C@@H]3CCN2C[C@@H]3CN2CCN(c3ncccn3)CC2)c1. The van der Waals surface area contributed by atoms with Gasteiger partial charge in [-0.2, -0.15) is 0 Å². The number of piperidine rings is 3. The first kappa shape index (κ1) is 23.4. The van der Waals surface area contributed by atoms with Crippen molar-refractivity contribution in [2.24, 2.45) is 11.8 Å². The quantitative estimate of drug-likeness (QED) is 0.589. The van der Waals surface area contributed by atoms with Gasteiger partial charge in [-0.3, -0.25) is 9.80 Å². The zero-order valence-electron chi connectivity index (χ0n) is 19.9. The highest BCUT2D eigenvalue weighted by Gasteiger charge is 2.40. The molecule has 1 aromatic carbocycles. The highest BCUT2D eigenvalue weighted by atomic mass is 32.2. The fourth-order valence-corrected chi connectivity index (χ4v) is 6.13. The third-order valence-electron chi connectivity index (χ3n) is 7.54. The van der Waals surface area contributed by atoms with Crippen molar-refractivity contribution in [2.45, 2.75) is 23.8 Å². The van der Waals surface area contributed by atoms with E-state index in [9.17, 15) is 4.79 Å². The number of fused-ring (bicyclic) bond motifs is 3. The molecule has 2 aromatic rings. The van der Waals surface area contributed by atoms with Crippen LogP contribution in [0.4, 0.5) is 16.4 Å². The van der Waals surface area contributed by atoms with Crippen molar-refractivity contribution in [3.8, 4) is 0 Å². The molecule has 34 heavy (non-hydrogen) atoms. The van der Waals surface area contributed by atoms with Crippen LogP contribution in [0.5, 0.6) is 0 Å². The Hall–Kier alpha value is -2.36. The second-order valence-electron chi connectivity index (χ2n) is 9.60. The summed E-state index contributed by atoms with van der Waals surface area (Å²) in [6.45, 7) is 8.33. The Labute approximate surface area is 206 Å². The molecule has 4 aliphatic rings. The van der Waals surface area contributed by atoms with Gasteiger partial charge in [-0.15, -0.1) is 11.8 Å². The number of hydrogen-bond donors (Lipinski definition) is 2. The smallest absolute Gasteiger partial charge is 0.319 e. The number of urea groups is 1. The Bertz CT molecular complexity index is 953. The summed E-state index contributed by atoms with van der Waals surface area (Å²) in [6, 6.07) is 10.2. The summed E-state index contributed by atoms with van der Waals surface area (Å²) in [5.74, 6) is 2.34. The van der Waals surface area contributed by atoms with Gasteiger partial charge in [0, 0.05) is 74.8 Å². The summed E-state index contributed by atoms with van der Waals surface area (Å²) < 4.78 is 0. The molecule has 0 radical (unpaired) electrons. The van der Waals surface area contributed by atoms with Gasteiger partial charge in [0.25, 0.3) is 0 Å². The minimum absolute atomic E-state index is 0.113. The molecule has 8 nitrogen and oxygen atoms in total. The largest absolute Gasteiger partial charge is 0.338 e. The van der Waals surface area contributed by atoms with Gasteiger partial charge in [-0.1, -0.05) is 6.07 Å². The second-order valence-corrected chi connectivity index (χ2v) is 10.5. The number of carbonyl (C=O) groups is 1. The number of aromatic nitrogens is 2. The zero-order valence-corrected chi connectivity index (χ0v) is 20.7. The number of piperazine rings is 1. The molecule has 9 heteroatoms. The topological polar surface area (TPSA) is 76.6 Å². The maximum atomic E-state index is 12.4. The normalized spacial score (nSPS) is 26.9. The molecule has 1 aromatic heterocycles. The molecule has 4 saturated heterocycles. The van der Waals surface area contributed by atoms with Crippen molar-refractivity contribution in [3.05, 3.63) is 42.7 Å². The highest BCUT2D eigenvalue weighted by molar-refractivity contribution is 7.98. The Morgan fingerprint density at radius 1 is 1.12 bits per heavy atom. The first-order valence-electron chi connectivity index (χ1n) is 12.3. The van der Waals surface area contributed by atoms with E-state index in [0.717, 1.165) is 67.6 Å². The summed E-state index contributed by atoms with van der Waals surface area (Å²) in [7, 11) is 0. The fourth-order valence-electron chi connectivity index (χ4n) is 5.67. The number of amides is 2. The lowest BCUT2D eigenvalue weighted by atomic mass is 9.75. The summed E-state index contributed by atoms with van der Waals surface area (Å²) in [6.07, 6.45) is 8.15. The number of thioether (sulfide) groups is 1. The van der Waals surface area contributed by atoms with Crippen LogP contribution in [0.25, 0.3) is 0 Å². The maximum absolute atomic E-state index is 12.4. The summed E-state index contributed by atoms with van der Waals surface area (Å²) in [5.41, 5.74) is 0.841. The van der Waals surface area contributed by atoms with E-state index in [-0.39, 0.29) is 6.03 Å². The lowest BCUT2D eigenvalue weighted by Gasteiger charge is -2.51. The van der Waals surface area contributed by atoms with Crippen LogP contribution in [0.3, 0.4) is 0 Å². The Morgan fingerprint density at radius 2 is 1.94 bits per heavy atom. The lowest BCUT2D eigenvalue weighted by molar-refractivity contribution is -0.0114. The minimum atomic E-state index is -0.113. The summed E-state index contributed by atoms with van der Waals surface area (Å²) in [5, 5.41) is 6.09. The molecule has 4 atom stereocenters. The van der Waals surface area contributed by atoms with E-state index in [2.05, 4.69) is 35.3 Å². The molecule has 4 aliphatic heterocycles. The van der Waals surface area contributed by atoms with Crippen LogP contribution >= 0.6 is 11.8 Å². The molecule has 2 amide bonds. The van der Waals surface area contributed by atoms with Crippen molar-refractivity contribution in [1.82, 2.24) is 25.1 Å². The molecular formula is C25H35N7OS. The van der Waals surface area contributed by atoms with Gasteiger partial charge in [0.1, 0.15) is 0 Å². The Kier molecular flexibility index (Phi) is 7.51. The van der Waals surface area contributed by atoms with Gasteiger partial charge in [-0.25, -0.2) is 14.8 Å². The highest BCUT2D eigenvalue weighted by Crippen LogP contribution is 2.36. The second kappa shape index (κ2) is 10.9. The van der Waals surface area contributed by atoms with Crippen molar-refractivity contribution in [1.29, 1.82) is 0 Å². The van der Waals surface area contributed by atoms with Crippen LogP contribution in [0.1, 0.15) is 12.8 Å². The average molecular weight is 482 g/mol. The van der Waals surface area contributed by atoms with E-state index in [0.29, 0.717) is 12.6 Å². The number of carbonyl (C=O) groups excluding carboxylic acids is 1. The van der Waals surface area contributed by atoms with Crippen molar-refractivity contribution < 1.29 is 4.79 Å². The Balaban J connectivity index is 1.06. The molecule has 2 N–H and O–H groups in total. The number of rotatable bonds is 7. The van der Waals surface area contributed by atoms with Gasteiger partial charge in [0.2, 0.25) is 5.95 Å². The molecular weight excluding hydrogens is 446 g/mol. The van der Waals surface area contributed by atoms with Crippen molar-refractivity contribution in [2.75, 3.05) is 68.8 Å². The molecule has 6 rings (SSSR count). The molecule has 0 aliphatic carbocycles. The van der Waals surface area contributed by atoms with Gasteiger partial charge >= 0.3 is 6.03 Å². The van der Waals surface area contributed by atoms with Gasteiger partial charge < -0.3 is 15.5 Å². The van der Waals surface area contributed by atoms with E-state index in [4.69, 9.17) is 0 Å². The third-order valence-corrected chi connectivity index (χ3v) is 8.27. The van der Waals surface area contributed by atoms with Crippen molar-refractivity contribution in [3.63, 3.8) is 0 Å². The van der Waals surface area contributed by atoms with Crippen LogP contribution in [0, 0.1) is 11.8 Å². The first-order valence-corrected chi connectivity index (χ1v) is 13.6. The number of anilines is 2. The summed E-state index contributed by atoms with van der Waals surface area (Å²) >= 11 is 1.68. The fraction of sp³-hybridized carbons (Fsp3) is 0.560. The predicted octanol–water partition coefficient (Wildman–Crippen LogP) is 2.85. The minimum Gasteiger partial charge on any atom is -0.338 e. The number of nitrogens with one attached hydrogen (secondary N) is 2. The predicted molar refractivity (Wildman–Crippen MR) is 138 cm³/mol. The van der Waals surface area contributed by atoms with E-state index in [1.807, 2.05) is 49.0 Å². The molecule has 0 saturated carbocycles. The van der Waals surface area contributed by atoms with Crippen LogP contribution < -0.4 is 15.5 Å². The van der Waals surface area contributed by atoms with E-state index < -0.39 is 0 Å². The lowest BCUT2D eigenvalue weighted by Crippen LogP contribution is -2.59. The monoisotopic (exact) mass is 481 g/mol. The van der Waals surface area contributed by atoms with Gasteiger partial charge in [-0.05, 0) is 61.7 Å².